The number of fused-ring (bicyclic) bond motifs is 2. The van der Waals surface area contributed by atoms with E-state index in [1.807, 2.05) is 49.4 Å². The van der Waals surface area contributed by atoms with Gasteiger partial charge in [-0.05, 0) is 48.1 Å². The zero-order chi connectivity index (χ0) is 23.1. The number of carbonyl (C=O) groups is 1. The number of rotatable bonds is 5. The van der Waals surface area contributed by atoms with Gasteiger partial charge in [0.25, 0.3) is 5.91 Å². The lowest BCUT2D eigenvalue weighted by molar-refractivity contribution is 0.0730. The summed E-state index contributed by atoms with van der Waals surface area (Å²) in [4.78, 5) is 29.0. The molecule has 1 aromatic heterocycles. The van der Waals surface area contributed by atoms with E-state index in [2.05, 4.69) is 38.1 Å². The first-order valence-electron chi connectivity index (χ1n) is 11.5. The first-order valence-corrected chi connectivity index (χ1v) is 11.5. The molecule has 1 aliphatic heterocycles. The Morgan fingerprint density at radius 3 is 2.36 bits per heavy atom. The van der Waals surface area contributed by atoms with Crippen LogP contribution in [0.1, 0.15) is 64.2 Å². The Bertz CT molecular complexity index is 1380. The molecule has 0 bridgehead atoms. The van der Waals surface area contributed by atoms with Crippen LogP contribution < -0.4 is 5.43 Å². The summed E-state index contributed by atoms with van der Waals surface area (Å²) in [6.07, 6.45) is 0.702. The van der Waals surface area contributed by atoms with Gasteiger partial charge in [-0.15, -0.1) is 0 Å². The number of hydrogen-bond donors (Lipinski definition) is 0. The molecule has 1 aliphatic rings. The monoisotopic (exact) mass is 437 g/mol. The van der Waals surface area contributed by atoms with Crippen molar-refractivity contribution in [2.75, 3.05) is 6.54 Å². The minimum absolute atomic E-state index is 0.122. The maximum atomic E-state index is 13.7. The second-order valence-electron chi connectivity index (χ2n) is 9.13. The predicted molar refractivity (Wildman–Crippen MR) is 131 cm³/mol. The van der Waals surface area contributed by atoms with Gasteiger partial charge < -0.3 is 9.32 Å². The highest BCUT2D eigenvalue weighted by Crippen LogP contribution is 2.38. The van der Waals surface area contributed by atoms with Crippen LogP contribution in [0.4, 0.5) is 0 Å². The molecule has 33 heavy (non-hydrogen) atoms. The fourth-order valence-corrected chi connectivity index (χ4v) is 4.67. The van der Waals surface area contributed by atoms with E-state index in [1.165, 1.54) is 5.56 Å². The zero-order valence-electron chi connectivity index (χ0n) is 19.2. The first-order chi connectivity index (χ1) is 15.9. The predicted octanol–water partition coefficient (Wildman–Crippen LogP) is 6.01. The number of aryl methyl sites for hydroxylation is 1. The molecule has 5 rings (SSSR count). The Morgan fingerprint density at radius 2 is 1.67 bits per heavy atom. The van der Waals surface area contributed by atoms with Gasteiger partial charge in [0.1, 0.15) is 5.58 Å². The van der Waals surface area contributed by atoms with Gasteiger partial charge in [0, 0.05) is 6.54 Å². The van der Waals surface area contributed by atoms with Crippen molar-refractivity contribution in [2.24, 2.45) is 0 Å². The minimum Gasteiger partial charge on any atom is -0.450 e. The van der Waals surface area contributed by atoms with Gasteiger partial charge in [-0.2, -0.15) is 0 Å². The average molecular weight is 438 g/mol. The molecule has 0 aliphatic carbocycles. The molecule has 0 saturated carbocycles. The summed E-state index contributed by atoms with van der Waals surface area (Å²) in [6, 6.07) is 23.4. The molecule has 1 amide bonds. The van der Waals surface area contributed by atoms with Crippen LogP contribution in [0.25, 0.3) is 11.0 Å². The van der Waals surface area contributed by atoms with E-state index in [1.54, 1.807) is 11.0 Å². The first kappa shape index (κ1) is 21.2. The van der Waals surface area contributed by atoms with Crippen LogP contribution >= 0.6 is 0 Å². The molecule has 4 nitrogen and oxygen atoms in total. The molecule has 4 aromatic rings. The summed E-state index contributed by atoms with van der Waals surface area (Å²) in [5, 5.41) is 0.523. The Morgan fingerprint density at radius 1 is 0.939 bits per heavy atom. The molecule has 2 heterocycles. The van der Waals surface area contributed by atoms with Crippen LogP contribution in [0, 0.1) is 6.92 Å². The van der Waals surface area contributed by atoms with E-state index in [9.17, 15) is 9.59 Å². The Balaban J connectivity index is 1.64. The second kappa shape index (κ2) is 8.36. The van der Waals surface area contributed by atoms with Gasteiger partial charge >= 0.3 is 0 Å². The minimum atomic E-state index is -0.460. The molecule has 0 N–H and O–H groups in total. The third-order valence-corrected chi connectivity index (χ3v) is 6.52. The van der Waals surface area contributed by atoms with Crippen LogP contribution in [-0.4, -0.2) is 17.4 Å². The van der Waals surface area contributed by atoms with E-state index in [0.717, 1.165) is 16.7 Å². The number of hydrogen-bond acceptors (Lipinski definition) is 3. The third-order valence-electron chi connectivity index (χ3n) is 6.52. The van der Waals surface area contributed by atoms with Crippen molar-refractivity contribution in [1.82, 2.24) is 4.90 Å². The maximum Gasteiger partial charge on any atom is 0.290 e. The largest absolute Gasteiger partial charge is 0.450 e. The van der Waals surface area contributed by atoms with Gasteiger partial charge in [0.15, 0.2) is 5.43 Å². The lowest BCUT2D eigenvalue weighted by Crippen LogP contribution is -2.31. The summed E-state index contributed by atoms with van der Waals surface area (Å²) in [5.41, 5.74) is 5.07. The fraction of sp³-hybridized carbons (Fsp3) is 0.241. The van der Waals surface area contributed by atoms with E-state index >= 15 is 0 Å². The van der Waals surface area contributed by atoms with Crippen molar-refractivity contribution in [3.8, 4) is 0 Å². The van der Waals surface area contributed by atoms with Crippen molar-refractivity contribution in [1.29, 1.82) is 0 Å². The highest BCUT2D eigenvalue weighted by Gasteiger charge is 2.42. The third kappa shape index (κ3) is 3.76. The van der Waals surface area contributed by atoms with Crippen molar-refractivity contribution in [2.45, 2.75) is 39.2 Å². The number of nitrogens with zero attached hydrogens (tertiary/aromatic N) is 1. The van der Waals surface area contributed by atoms with Gasteiger partial charge in [-0.3, -0.25) is 9.59 Å². The molecule has 0 fully saturated rings. The highest BCUT2D eigenvalue weighted by atomic mass is 16.3. The smallest absolute Gasteiger partial charge is 0.290 e. The van der Waals surface area contributed by atoms with Crippen molar-refractivity contribution in [3.63, 3.8) is 0 Å². The highest BCUT2D eigenvalue weighted by molar-refractivity contribution is 5.99. The SMILES string of the molecule is Cc1ccc2oc3c(c(=O)c2c1)C(c1ccc(C(C)C)cc1)N(CCc1ccccc1)C3=O. The number of amides is 1. The van der Waals surface area contributed by atoms with Crippen molar-refractivity contribution in [3.05, 3.63) is 117 Å². The van der Waals surface area contributed by atoms with Crippen LogP contribution in [0.5, 0.6) is 0 Å². The molecule has 166 valence electrons. The molecular formula is C29H27NO3. The van der Waals surface area contributed by atoms with Gasteiger partial charge in [0.2, 0.25) is 5.76 Å². The molecular weight excluding hydrogens is 410 g/mol. The molecule has 1 atom stereocenters. The fourth-order valence-electron chi connectivity index (χ4n) is 4.67. The van der Waals surface area contributed by atoms with Crippen LogP contribution in [0.2, 0.25) is 0 Å². The average Bonchev–Trinajstić information content (AvgIpc) is 3.10. The Hall–Kier alpha value is -3.66. The quantitative estimate of drug-likeness (QED) is 0.384. The van der Waals surface area contributed by atoms with Crippen molar-refractivity contribution >= 4 is 16.9 Å². The lowest BCUT2D eigenvalue weighted by atomic mass is 9.95. The summed E-state index contributed by atoms with van der Waals surface area (Å²) < 4.78 is 6.06. The summed E-state index contributed by atoms with van der Waals surface area (Å²) in [5.74, 6) is 0.350. The topological polar surface area (TPSA) is 50.5 Å². The van der Waals surface area contributed by atoms with Gasteiger partial charge in [-0.25, -0.2) is 0 Å². The molecule has 0 spiro atoms. The van der Waals surface area contributed by atoms with Gasteiger partial charge in [0.05, 0.1) is 17.0 Å². The molecule has 0 radical (unpaired) electrons. The number of carbonyl (C=O) groups excluding carboxylic acids is 1. The van der Waals surface area contributed by atoms with Gasteiger partial charge in [-0.1, -0.05) is 80.1 Å². The standard InChI is InChI=1S/C29H27NO3/c1-18(2)21-10-12-22(13-11-21)26-25-27(31)23-17-19(3)9-14-24(23)33-28(25)29(32)30(26)16-15-20-7-5-4-6-8-20/h4-14,17-18,26H,15-16H2,1-3H3. The van der Waals surface area contributed by atoms with E-state index in [4.69, 9.17) is 4.42 Å². The number of benzene rings is 3. The Kier molecular flexibility index (Phi) is 5.37. The normalized spacial score (nSPS) is 15.5. The second-order valence-corrected chi connectivity index (χ2v) is 9.13. The van der Waals surface area contributed by atoms with Crippen LogP contribution in [0.3, 0.4) is 0 Å². The zero-order valence-corrected chi connectivity index (χ0v) is 19.2. The van der Waals surface area contributed by atoms with Crippen LogP contribution in [0.15, 0.2) is 82.0 Å². The van der Waals surface area contributed by atoms with E-state index in [-0.39, 0.29) is 17.1 Å². The molecule has 0 saturated heterocycles. The van der Waals surface area contributed by atoms with Crippen molar-refractivity contribution < 1.29 is 9.21 Å². The summed E-state index contributed by atoms with van der Waals surface area (Å²) in [6.45, 7) is 6.75. The van der Waals surface area contributed by atoms with E-state index in [0.29, 0.717) is 35.4 Å². The van der Waals surface area contributed by atoms with Crippen LogP contribution in [-0.2, 0) is 6.42 Å². The molecule has 4 heteroatoms. The van der Waals surface area contributed by atoms with E-state index < -0.39 is 6.04 Å². The molecule has 3 aromatic carbocycles. The Labute approximate surface area is 193 Å². The maximum absolute atomic E-state index is 13.7. The lowest BCUT2D eigenvalue weighted by Gasteiger charge is -2.25. The molecule has 1 unspecified atom stereocenters. The summed E-state index contributed by atoms with van der Waals surface area (Å²) >= 11 is 0. The summed E-state index contributed by atoms with van der Waals surface area (Å²) in [7, 11) is 0.